The largest absolute Gasteiger partial charge is 0.388 e. The van der Waals surface area contributed by atoms with Crippen molar-refractivity contribution in [2.45, 2.75) is 39.2 Å². The molecule has 0 fully saturated rings. The van der Waals surface area contributed by atoms with Crippen LogP contribution in [0.5, 0.6) is 0 Å². The summed E-state index contributed by atoms with van der Waals surface area (Å²) in [6.45, 7) is 6.70. The van der Waals surface area contributed by atoms with Crippen molar-refractivity contribution in [1.29, 1.82) is 0 Å². The molecule has 0 radical (unpaired) electrons. The summed E-state index contributed by atoms with van der Waals surface area (Å²) in [6.07, 6.45) is 1.47. The van der Waals surface area contributed by atoms with E-state index in [0.717, 1.165) is 12.0 Å². The van der Waals surface area contributed by atoms with Crippen LogP contribution in [0.2, 0.25) is 0 Å². The molecule has 0 saturated carbocycles. The smallest absolute Gasteiger partial charge is 0.251 e. The second-order valence-electron chi connectivity index (χ2n) is 6.01. The lowest BCUT2D eigenvalue weighted by Crippen LogP contribution is -2.41. The van der Waals surface area contributed by atoms with Crippen LogP contribution in [0.3, 0.4) is 0 Å². The van der Waals surface area contributed by atoms with Crippen LogP contribution in [0.25, 0.3) is 0 Å². The number of carbonyl (C=O) groups is 1. The highest BCUT2D eigenvalue weighted by Crippen LogP contribution is 2.15. The van der Waals surface area contributed by atoms with Crippen molar-refractivity contribution in [3.05, 3.63) is 35.4 Å². The molecular formula is C16H26N2O2. The van der Waals surface area contributed by atoms with E-state index < -0.39 is 5.60 Å². The number of nitrogens with two attached hydrogens (primary N) is 1. The minimum atomic E-state index is -0.872. The third-order valence-corrected chi connectivity index (χ3v) is 3.13. The number of hydrogen-bond donors (Lipinski definition) is 3. The molecule has 20 heavy (non-hydrogen) atoms. The summed E-state index contributed by atoms with van der Waals surface area (Å²) >= 11 is 0. The van der Waals surface area contributed by atoms with E-state index in [2.05, 4.69) is 5.32 Å². The normalized spacial score (nSPS) is 14.1. The zero-order valence-corrected chi connectivity index (χ0v) is 12.6. The van der Waals surface area contributed by atoms with Gasteiger partial charge in [-0.2, -0.15) is 0 Å². The second-order valence-corrected chi connectivity index (χ2v) is 6.01. The third-order valence-electron chi connectivity index (χ3n) is 3.13. The van der Waals surface area contributed by atoms with Crippen molar-refractivity contribution in [2.75, 3.05) is 13.1 Å². The number of hydrogen-bond acceptors (Lipinski definition) is 3. The third kappa shape index (κ3) is 5.72. The van der Waals surface area contributed by atoms with Gasteiger partial charge in [0, 0.05) is 12.1 Å². The first-order chi connectivity index (χ1) is 9.34. The minimum Gasteiger partial charge on any atom is -0.388 e. The molecule has 1 rings (SSSR count). The molecule has 0 aromatic heterocycles. The first kappa shape index (κ1) is 16.7. The predicted octanol–water partition coefficient (Wildman–Crippen LogP) is 1.71. The predicted molar refractivity (Wildman–Crippen MR) is 81.6 cm³/mol. The molecule has 0 aliphatic heterocycles. The van der Waals surface area contributed by atoms with E-state index in [1.807, 2.05) is 26.0 Å². The number of rotatable bonds is 7. The summed E-state index contributed by atoms with van der Waals surface area (Å²) in [5.41, 5.74) is 6.34. The molecule has 1 atom stereocenters. The number of amides is 1. The highest BCUT2D eigenvalue weighted by Gasteiger charge is 2.22. The lowest BCUT2D eigenvalue weighted by Gasteiger charge is -2.25. The van der Waals surface area contributed by atoms with E-state index >= 15 is 0 Å². The first-order valence-electron chi connectivity index (χ1n) is 7.13. The van der Waals surface area contributed by atoms with Crippen LogP contribution >= 0.6 is 0 Å². The first-order valence-corrected chi connectivity index (χ1v) is 7.13. The van der Waals surface area contributed by atoms with E-state index in [1.54, 1.807) is 19.1 Å². The Hall–Kier alpha value is -1.39. The molecule has 4 N–H and O–H groups in total. The van der Waals surface area contributed by atoms with Crippen molar-refractivity contribution in [1.82, 2.24) is 5.32 Å². The van der Waals surface area contributed by atoms with E-state index in [4.69, 9.17) is 5.73 Å². The Morgan fingerprint density at radius 3 is 2.45 bits per heavy atom. The number of benzene rings is 1. The Morgan fingerprint density at radius 1 is 1.35 bits per heavy atom. The summed E-state index contributed by atoms with van der Waals surface area (Å²) in [7, 11) is 0. The Morgan fingerprint density at radius 2 is 1.95 bits per heavy atom. The van der Waals surface area contributed by atoms with Crippen LogP contribution in [-0.2, 0) is 6.42 Å². The van der Waals surface area contributed by atoms with Gasteiger partial charge in [-0.3, -0.25) is 4.79 Å². The van der Waals surface area contributed by atoms with Crippen LogP contribution in [0.4, 0.5) is 0 Å². The van der Waals surface area contributed by atoms with Gasteiger partial charge in [0.2, 0.25) is 0 Å². The average Bonchev–Trinajstić information content (AvgIpc) is 2.36. The van der Waals surface area contributed by atoms with E-state index in [9.17, 15) is 9.90 Å². The highest BCUT2D eigenvalue weighted by atomic mass is 16.3. The second kappa shape index (κ2) is 7.41. The standard InChI is InChI=1S/C16H26N2O2/c1-12(2)10-16(3,20)11-18-15(19)14-6-4-13(5-7-14)8-9-17/h4-7,12,20H,8-11,17H2,1-3H3,(H,18,19). The maximum Gasteiger partial charge on any atom is 0.251 e. The summed E-state index contributed by atoms with van der Waals surface area (Å²) in [5.74, 6) is 0.228. The fraction of sp³-hybridized carbons (Fsp3) is 0.562. The van der Waals surface area contributed by atoms with Gasteiger partial charge < -0.3 is 16.2 Å². The molecule has 112 valence electrons. The van der Waals surface area contributed by atoms with Crippen molar-refractivity contribution >= 4 is 5.91 Å². The molecule has 0 bridgehead atoms. The van der Waals surface area contributed by atoms with E-state index in [-0.39, 0.29) is 12.5 Å². The van der Waals surface area contributed by atoms with E-state index in [1.165, 1.54) is 0 Å². The van der Waals surface area contributed by atoms with Crippen LogP contribution < -0.4 is 11.1 Å². The lowest BCUT2D eigenvalue weighted by atomic mass is 9.94. The summed E-state index contributed by atoms with van der Waals surface area (Å²) in [5, 5.41) is 12.9. The minimum absolute atomic E-state index is 0.159. The SMILES string of the molecule is CC(C)CC(C)(O)CNC(=O)c1ccc(CCN)cc1. The molecule has 4 nitrogen and oxygen atoms in total. The Balaban J connectivity index is 2.54. The highest BCUT2D eigenvalue weighted by molar-refractivity contribution is 5.94. The molecule has 1 unspecified atom stereocenters. The number of aliphatic hydroxyl groups is 1. The van der Waals surface area contributed by atoms with Gasteiger partial charge in [-0.1, -0.05) is 26.0 Å². The van der Waals surface area contributed by atoms with Gasteiger partial charge in [0.1, 0.15) is 0 Å². The molecule has 1 aromatic rings. The van der Waals surface area contributed by atoms with Crippen molar-refractivity contribution in [3.63, 3.8) is 0 Å². The Labute approximate surface area is 121 Å². The number of carbonyl (C=O) groups excluding carboxylic acids is 1. The van der Waals surface area contributed by atoms with Crippen LogP contribution in [-0.4, -0.2) is 29.7 Å². The quantitative estimate of drug-likeness (QED) is 0.711. The molecule has 0 aliphatic rings. The Kier molecular flexibility index (Phi) is 6.17. The zero-order chi connectivity index (χ0) is 15.2. The molecular weight excluding hydrogens is 252 g/mol. The van der Waals surface area contributed by atoms with Gasteiger partial charge in [0.25, 0.3) is 5.91 Å². The molecule has 4 heteroatoms. The van der Waals surface area contributed by atoms with Crippen molar-refractivity contribution in [3.8, 4) is 0 Å². The number of nitrogens with one attached hydrogen (secondary N) is 1. The zero-order valence-electron chi connectivity index (χ0n) is 12.6. The molecule has 1 amide bonds. The molecule has 0 spiro atoms. The summed E-state index contributed by atoms with van der Waals surface area (Å²) in [6, 6.07) is 7.40. The molecule has 0 heterocycles. The van der Waals surface area contributed by atoms with Crippen molar-refractivity contribution in [2.24, 2.45) is 11.7 Å². The van der Waals surface area contributed by atoms with Gasteiger partial charge in [-0.15, -0.1) is 0 Å². The topological polar surface area (TPSA) is 75.3 Å². The summed E-state index contributed by atoms with van der Waals surface area (Å²) < 4.78 is 0. The summed E-state index contributed by atoms with van der Waals surface area (Å²) in [4.78, 5) is 12.0. The molecule has 1 aromatic carbocycles. The molecule has 0 aliphatic carbocycles. The monoisotopic (exact) mass is 278 g/mol. The maximum atomic E-state index is 12.0. The van der Waals surface area contributed by atoms with Crippen molar-refractivity contribution < 1.29 is 9.90 Å². The van der Waals surface area contributed by atoms with Gasteiger partial charge in [-0.05, 0) is 49.9 Å². The van der Waals surface area contributed by atoms with E-state index in [0.29, 0.717) is 24.4 Å². The fourth-order valence-electron chi connectivity index (χ4n) is 2.31. The van der Waals surface area contributed by atoms with Crippen LogP contribution in [0.15, 0.2) is 24.3 Å². The fourth-order valence-corrected chi connectivity index (χ4v) is 2.31. The van der Waals surface area contributed by atoms with Gasteiger partial charge >= 0.3 is 0 Å². The van der Waals surface area contributed by atoms with Crippen LogP contribution in [0.1, 0.15) is 43.1 Å². The Bertz CT molecular complexity index is 425. The maximum absolute atomic E-state index is 12.0. The van der Waals surface area contributed by atoms with Gasteiger partial charge in [0.05, 0.1) is 5.60 Å². The van der Waals surface area contributed by atoms with Gasteiger partial charge in [-0.25, -0.2) is 0 Å². The van der Waals surface area contributed by atoms with Gasteiger partial charge in [0.15, 0.2) is 0 Å². The van der Waals surface area contributed by atoms with Crippen LogP contribution in [0, 0.1) is 5.92 Å². The molecule has 0 saturated heterocycles. The lowest BCUT2D eigenvalue weighted by molar-refractivity contribution is 0.0368. The average molecular weight is 278 g/mol.